The largest absolute Gasteiger partial charge is 0.465 e. The number of carbonyl (C=O) groups is 1. The minimum absolute atomic E-state index is 0.0111. The average Bonchev–Trinajstić information content (AvgIpc) is 3.08. The molecule has 8 atom stereocenters. The number of rotatable bonds is 6. The highest BCUT2D eigenvalue weighted by atomic mass is 32.1. The third-order valence-corrected chi connectivity index (χ3v) is 10.8. The van der Waals surface area contributed by atoms with E-state index < -0.39 is 0 Å². The molecule has 8 unspecified atom stereocenters. The average molecular weight is 490 g/mol. The summed E-state index contributed by atoms with van der Waals surface area (Å²) in [4.78, 5) is 13.3. The summed E-state index contributed by atoms with van der Waals surface area (Å²) in [5.74, 6) is 4.01. The van der Waals surface area contributed by atoms with Crippen LogP contribution in [0.25, 0.3) is 0 Å². The van der Waals surface area contributed by atoms with Gasteiger partial charge in [-0.1, -0.05) is 53.9 Å². The Morgan fingerprint density at radius 2 is 1.88 bits per heavy atom. The molecule has 0 aromatic rings. The van der Waals surface area contributed by atoms with Crippen LogP contribution in [0.1, 0.15) is 98.8 Å². The molecule has 4 rings (SSSR count). The van der Waals surface area contributed by atoms with Gasteiger partial charge in [0.25, 0.3) is 0 Å². The number of nitrogens with zero attached hydrogens (tertiary/aromatic N) is 1. The van der Waals surface area contributed by atoms with Crippen LogP contribution in [-0.4, -0.2) is 23.4 Å². The lowest BCUT2D eigenvalue weighted by atomic mass is 9.49. The number of nitrogens with one attached hydrogen (secondary N) is 1. The number of carbonyl (C=O) groups excluding carboxylic acids is 1. The Labute approximate surface area is 212 Å². The Bertz CT molecular complexity index is 813. The predicted molar refractivity (Wildman–Crippen MR) is 142 cm³/mol. The van der Waals surface area contributed by atoms with Crippen LogP contribution < -0.4 is 11.2 Å². The molecule has 1 saturated heterocycles. The van der Waals surface area contributed by atoms with E-state index in [1.165, 1.54) is 44.9 Å². The van der Waals surface area contributed by atoms with Crippen LogP contribution in [0.4, 0.5) is 0 Å². The van der Waals surface area contributed by atoms with E-state index in [1.54, 1.807) is 0 Å². The molecule has 4 fully saturated rings. The number of esters is 1. The molecule has 34 heavy (non-hydrogen) atoms. The van der Waals surface area contributed by atoms with E-state index >= 15 is 0 Å². The summed E-state index contributed by atoms with van der Waals surface area (Å²) in [5.41, 5.74) is 9.66. The molecule has 1 heterocycles. The number of cyclic esters (lactones) is 1. The van der Waals surface area contributed by atoms with Crippen molar-refractivity contribution >= 4 is 29.0 Å². The summed E-state index contributed by atoms with van der Waals surface area (Å²) in [5, 5.41) is 4.57. The molecule has 0 bridgehead atoms. The summed E-state index contributed by atoms with van der Waals surface area (Å²) < 4.78 is 6.06. The minimum atomic E-state index is -0.111. The molecule has 3 saturated carbocycles. The molecule has 1 aliphatic heterocycles. The normalized spacial score (nSPS) is 41.8. The van der Waals surface area contributed by atoms with Gasteiger partial charge >= 0.3 is 5.97 Å². The van der Waals surface area contributed by atoms with Gasteiger partial charge in [-0.3, -0.25) is 10.2 Å². The van der Waals surface area contributed by atoms with Crippen molar-refractivity contribution < 1.29 is 9.53 Å². The van der Waals surface area contributed by atoms with Crippen molar-refractivity contribution in [3.63, 3.8) is 0 Å². The van der Waals surface area contributed by atoms with Gasteiger partial charge in [0.05, 0.1) is 12.5 Å². The number of hydrazone groups is 1. The molecule has 0 aromatic carbocycles. The van der Waals surface area contributed by atoms with Gasteiger partial charge in [0.1, 0.15) is 0 Å². The summed E-state index contributed by atoms with van der Waals surface area (Å²) >= 11 is 4.91. The van der Waals surface area contributed by atoms with Crippen LogP contribution in [-0.2, 0) is 9.53 Å². The topological polar surface area (TPSA) is 76.7 Å². The van der Waals surface area contributed by atoms with Gasteiger partial charge in [-0.15, -0.1) is 0 Å². The van der Waals surface area contributed by atoms with Crippen molar-refractivity contribution in [2.45, 2.75) is 98.8 Å². The van der Waals surface area contributed by atoms with Gasteiger partial charge in [-0.05, 0) is 97.1 Å². The van der Waals surface area contributed by atoms with E-state index in [0.717, 1.165) is 36.3 Å². The zero-order chi connectivity index (χ0) is 24.7. The molecule has 0 aromatic heterocycles. The molecule has 5 nitrogen and oxygen atoms in total. The van der Waals surface area contributed by atoms with Crippen molar-refractivity contribution in [1.29, 1.82) is 0 Å². The van der Waals surface area contributed by atoms with Crippen LogP contribution in [0.3, 0.4) is 0 Å². The number of nitrogens with two attached hydrogens (primary N) is 1. The van der Waals surface area contributed by atoms with Gasteiger partial charge in [0.2, 0.25) is 0 Å². The van der Waals surface area contributed by atoms with Gasteiger partial charge in [-0.2, -0.15) is 5.10 Å². The van der Waals surface area contributed by atoms with E-state index in [2.05, 4.69) is 45.1 Å². The van der Waals surface area contributed by atoms with E-state index in [1.807, 2.05) is 0 Å². The second kappa shape index (κ2) is 10.1. The molecule has 192 valence electrons. The lowest BCUT2D eigenvalue weighted by Gasteiger charge is -2.55. The summed E-state index contributed by atoms with van der Waals surface area (Å²) in [6.07, 6.45) is 11.8. The first-order valence-corrected chi connectivity index (χ1v) is 14.2. The smallest absolute Gasteiger partial charge is 0.309 e. The predicted octanol–water partition coefficient (Wildman–Crippen LogP) is 6.06. The second-order valence-corrected chi connectivity index (χ2v) is 13.4. The number of thiocarbonyl (C=S) groups is 1. The van der Waals surface area contributed by atoms with Gasteiger partial charge < -0.3 is 10.5 Å². The van der Waals surface area contributed by atoms with Crippen LogP contribution in [0.2, 0.25) is 0 Å². The highest BCUT2D eigenvalue weighted by Crippen LogP contribution is 2.66. The molecule has 0 spiro atoms. The molecular formula is C28H47N3O2S. The van der Waals surface area contributed by atoms with E-state index in [0.29, 0.717) is 36.2 Å². The zero-order valence-electron chi connectivity index (χ0n) is 22.1. The molecule has 3 aliphatic carbocycles. The Kier molecular flexibility index (Phi) is 7.67. The first-order valence-electron chi connectivity index (χ1n) is 13.8. The molecular weight excluding hydrogens is 442 g/mol. The minimum Gasteiger partial charge on any atom is -0.465 e. The van der Waals surface area contributed by atoms with Crippen molar-refractivity contribution in [1.82, 2.24) is 5.43 Å². The summed E-state index contributed by atoms with van der Waals surface area (Å²) in [6, 6.07) is 0. The SMILES string of the molecule is CC(C)CCCC(C)C1CCC2C3COC(=O)C4C/C(=N/NC(N)=S)CCC4(C)C3CCC12C. The molecule has 4 aliphatic rings. The molecule has 0 amide bonds. The Morgan fingerprint density at radius 1 is 1.15 bits per heavy atom. The fraction of sp³-hybridized carbons (Fsp3) is 0.893. The maximum Gasteiger partial charge on any atom is 0.309 e. The second-order valence-electron chi connectivity index (χ2n) is 13.0. The summed E-state index contributed by atoms with van der Waals surface area (Å²) in [6.45, 7) is 12.8. The van der Waals surface area contributed by atoms with Crippen LogP contribution in [0, 0.1) is 52.3 Å². The van der Waals surface area contributed by atoms with Crippen LogP contribution in [0.15, 0.2) is 5.10 Å². The molecule has 0 radical (unpaired) electrons. The monoisotopic (exact) mass is 489 g/mol. The third kappa shape index (κ3) is 4.77. The van der Waals surface area contributed by atoms with Crippen molar-refractivity contribution in [2.75, 3.05) is 6.61 Å². The third-order valence-electron chi connectivity index (χ3n) is 10.7. The Balaban J connectivity index is 1.51. The van der Waals surface area contributed by atoms with Crippen molar-refractivity contribution in [3.05, 3.63) is 0 Å². The summed E-state index contributed by atoms with van der Waals surface area (Å²) in [7, 11) is 0. The number of ether oxygens (including phenoxy) is 1. The zero-order valence-corrected chi connectivity index (χ0v) is 22.9. The lowest BCUT2D eigenvalue weighted by molar-refractivity contribution is -0.151. The Hall–Kier alpha value is -1.17. The number of fused-ring (bicyclic) bond motifs is 5. The van der Waals surface area contributed by atoms with Crippen molar-refractivity contribution in [2.24, 2.45) is 63.1 Å². The van der Waals surface area contributed by atoms with E-state index in [-0.39, 0.29) is 22.4 Å². The molecule has 3 N–H and O–H groups in total. The fourth-order valence-corrected chi connectivity index (χ4v) is 8.88. The first kappa shape index (κ1) is 25.9. The van der Waals surface area contributed by atoms with Crippen LogP contribution in [0.5, 0.6) is 0 Å². The highest BCUT2D eigenvalue weighted by Gasteiger charge is 2.61. The fourth-order valence-electron chi connectivity index (χ4n) is 8.83. The van der Waals surface area contributed by atoms with Crippen LogP contribution >= 0.6 is 12.2 Å². The van der Waals surface area contributed by atoms with E-state index in [4.69, 9.17) is 22.7 Å². The number of hydrogen-bond acceptors (Lipinski definition) is 4. The maximum atomic E-state index is 13.3. The molecule has 6 heteroatoms. The standard InChI is InChI=1S/C28H47N3O2S/c1-17(2)7-6-8-18(3)21-9-10-22-20-16-33-25(32)24-15-19(30-31-26(29)34)11-13-28(24,5)23(20)12-14-27(21,22)4/h17-18,20-24H,6-16H2,1-5H3,(H3,29,31,34)/b30-19+. The quantitative estimate of drug-likeness (QED) is 0.269. The highest BCUT2D eigenvalue weighted by molar-refractivity contribution is 7.80. The van der Waals surface area contributed by atoms with E-state index in [9.17, 15) is 4.79 Å². The van der Waals surface area contributed by atoms with Gasteiger partial charge in [0, 0.05) is 12.1 Å². The van der Waals surface area contributed by atoms with Crippen molar-refractivity contribution in [3.8, 4) is 0 Å². The number of hydrogen-bond donors (Lipinski definition) is 2. The van der Waals surface area contributed by atoms with Gasteiger partial charge in [-0.25, -0.2) is 0 Å². The maximum absolute atomic E-state index is 13.3. The lowest BCUT2D eigenvalue weighted by Crippen LogP contribution is -2.51. The first-order chi connectivity index (χ1) is 16.1. The van der Waals surface area contributed by atoms with Gasteiger partial charge in [0.15, 0.2) is 5.11 Å². The Morgan fingerprint density at radius 3 is 2.59 bits per heavy atom.